The van der Waals surface area contributed by atoms with Crippen molar-refractivity contribution in [2.45, 2.75) is 54.0 Å². The van der Waals surface area contributed by atoms with E-state index in [0.29, 0.717) is 0 Å². The second kappa shape index (κ2) is 25.6. The molecule has 0 spiro atoms. The molecule has 1 heterocycles. The number of aliphatic carboxylic acids is 1. The number of carbonyl (C=O) groups excluding carboxylic acids is 1. The Bertz CT molecular complexity index is 294. The van der Waals surface area contributed by atoms with E-state index in [-0.39, 0.29) is 21.7 Å². The summed E-state index contributed by atoms with van der Waals surface area (Å²) in [6.07, 6.45) is 2.72. The van der Waals surface area contributed by atoms with Gasteiger partial charge in [0.2, 0.25) is 0 Å². The SMILES string of the molecule is CC1(C(=O)[O-])C=CN=N1.CC[N-]CC.CC[N-]CC.CC[N-]CC.[Ti+4]. The van der Waals surface area contributed by atoms with Crippen LogP contribution in [0.2, 0.25) is 0 Å². The molecular formula is C17H35N5O2Ti. The van der Waals surface area contributed by atoms with Crippen LogP contribution in [0.3, 0.4) is 0 Å². The second-order valence-corrected chi connectivity index (χ2v) is 4.53. The molecular weight excluding hydrogens is 354 g/mol. The monoisotopic (exact) mass is 389 g/mol. The van der Waals surface area contributed by atoms with Crippen LogP contribution in [0.25, 0.3) is 16.0 Å². The van der Waals surface area contributed by atoms with Crippen molar-refractivity contribution in [1.82, 2.24) is 0 Å². The number of carboxylic acid groups (broad SMARTS) is 1. The van der Waals surface area contributed by atoms with Gasteiger partial charge in [-0.25, -0.2) is 0 Å². The third-order valence-electron chi connectivity index (χ3n) is 2.49. The van der Waals surface area contributed by atoms with Crippen LogP contribution in [-0.4, -0.2) is 50.8 Å². The van der Waals surface area contributed by atoms with E-state index in [0.717, 1.165) is 39.3 Å². The normalized spacial score (nSPS) is 16.3. The number of carbonyl (C=O) groups is 1. The fourth-order valence-corrected chi connectivity index (χ4v) is 1.14. The Morgan fingerprint density at radius 2 is 1.20 bits per heavy atom. The Morgan fingerprint density at radius 1 is 0.880 bits per heavy atom. The van der Waals surface area contributed by atoms with Crippen LogP contribution in [0.5, 0.6) is 0 Å². The number of hydrogen-bond acceptors (Lipinski definition) is 4. The molecule has 1 unspecified atom stereocenters. The van der Waals surface area contributed by atoms with E-state index < -0.39 is 11.5 Å². The smallest absolute Gasteiger partial charge is 0.663 e. The van der Waals surface area contributed by atoms with Crippen LogP contribution in [0.4, 0.5) is 0 Å². The van der Waals surface area contributed by atoms with Gasteiger partial charge in [-0.3, -0.25) is 0 Å². The first-order valence-electron chi connectivity index (χ1n) is 8.60. The zero-order chi connectivity index (χ0) is 19.3. The fourth-order valence-electron chi connectivity index (χ4n) is 1.14. The fraction of sp³-hybridized carbons (Fsp3) is 0.824. The zero-order valence-corrected chi connectivity index (χ0v) is 18.5. The molecule has 0 amide bonds. The first-order valence-corrected chi connectivity index (χ1v) is 8.60. The maximum atomic E-state index is 10.2. The largest absolute Gasteiger partial charge is 4.00 e. The molecule has 0 bridgehead atoms. The number of hydrogen-bond donors (Lipinski definition) is 0. The molecule has 0 radical (unpaired) electrons. The maximum absolute atomic E-state index is 10.2. The van der Waals surface area contributed by atoms with Crippen molar-refractivity contribution in [3.8, 4) is 0 Å². The molecule has 0 aliphatic carbocycles. The van der Waals surface area contributed by atoms with Crippen LogP contribution >= 0.6 is 0 Å². The van der Waals surface area contributed by atoms with Gasteiger partial charge in [0.25, 0.3) is 0 Å². The predicted octanol–water partition coefficient (Wildman–Crippen LogP) is 3.67. The van der Waals surface area contributed by atoms with E-state index in [1.807, 2.05) is 41.5 Å². The van der Waals surface area contributed by atoms with Crippen molar-refractivity contribution in [1.29, 1.82) is 0 Å². The summed E-state index contributed by atoms with van der Waals surface area (Å²) in [5.41, 5.74) is -1.22. The van der Waals surface area contributed by atoms with Gasteiger partial charge in [0.1, 0.15) is 5.54 Å². The molecule has 1 aliphatic heterocycles. The molecule has 0 aromatic carbocycles. The molecule has 1 aliphatic rings. The van der Waals surface area contributed by atoms with Crippen LogP contribution in [0, 0.1) is 0 Å². The summed E-state index contributed by atoms with van der Waals surface area (Å²) in [5.74, 6) is -1.22. The molecule has 7 nitrogen and oxygen atoms in total. The molecule has 0 aromatic rings. The van der Waals surface area contributed by atoms with Crippen LogP contribution < -0.4 is 5.11 Å². The van der Waals surface area contributed by atoms with Crippen molar-refractivity contribution in [3.05, 3.63) is 28.2 Å². The van der Waals surface area contributed by atoms with E-state index in [9.17, 15) is 9.90 Å². The van der Waals surface area contributed by atoms with Gasteiger partial charge in [0.15, 0.2) is 0 Å². The summed E-state index contributed by atoms with van der Waals surface area (Å²) in [5, 5.41) is 28.9. The summed E-state index contributed by atoms with van der Waals surface area (Å²) < 4.78 is 0. The van der Waals surface area contributed by atoms with Crippen molar-refractivity contribution in [3.63, 3.8) is 0 Å². The number of nitrogens with zero attached hydrogens (tertiary/aromatic N) is 5. The molecule has 0 saturated carbocycles. The molecule has 0 aromatic heterocycles. The average Bonchev–Trinajstić information content (AvgIpc) is 3.00. The van der Waals surface area contributed by atoms with Crippen molar-refractivity contribution in [2.75, 3.05) is 39.3 Å². The van der Waals surface area contributed by atoms with E-state index in [1.54, 1.807) is 0 Å². The van der Waals surface area contributed by atoms with Gasteiger partial charge in [0, 0.05) is 6.20 Å². The Morgan fingerprint density at radius 3 is 1.28 bits per heavy atom. The van der Waals surface area contributed by atoms with Gasteiger partial charge in [-0.15, -0.1) is 0 Å². The third-order valence-corrected chi connectivity index (χ3v) is 2.49. The Balaban J connectivity index is -0.000000122. The topological polar surface area (TPSA) is 107 Å². The molecule has 1 rings (SSSR count). The van der Waals surface area contributed by atoms with E-state index in [1.165, 1.54) is 19.2 Å². The van der Waals surface area contributed by atoms with Gasteiger partial charge in [-0.05, 0) is 13.0 Å². The van der Waals surface area contributed by atoms with Gasteiger partial charge in [-0.2, -0.15) is 49.5 Å². The summed E-state index contributed by atoms with van der Waals surface area (Å²) in [4.78, 5) is 10.2. The summed E-state index contributed by atoms with van der Waals surface area (Å²) in [7, 11) is 0. The van der Waals surface area contributed by atoms with Crippen molar-refractivity contribution in [2.24, 2.45) is 10.2 Å². The number of azo groups is 1. The van der Waals surface area contributed by atoms with Crippen LogP contribution in [0.1, 0.15) is 48.5 Å². The Labute approximate surface area is 169 Å². The van der Waals surface area contributed by atoms with E-state index in [4.69, 9.17) is 0 Å². The minimum absolute atomic E-state index is 0. The van der Waals surface area contributed by atoms with E-state index in [2.05, 4.69) is 26.2 Å². The zero-order valence-electron chi connectivity index (χ0n) is 16.9. The molecule has 25 heavy (non-hydrogen) atoms. The van der Waals surface area contributed by atoms with Gasteiger partial charge >= 0.3 is 21.7 Å². The van der Waals surface area contributed by atoms with Gasteiger partial charge in [0.05, 0.1) is 5.97 Å². The van der Waals surface area contributed by atoms with Gasteiger partial charge < -0.3 is 25.9 Å². The minimum atomic E-state index is -1.22. The average molecular weight is 389 g/mol. The molecule has 8 heteroatoms. The first-order chi connectivity index (χ1) is 11.4. The molecule has 0 saturated heterocycles. The standard InChI is InChI=1S/C5H6N2O2.3C4H10N.Ti/c1-5(4(8)9)2-3-6-7-5;3*1-3-5-4-2;/h2-3H,1H3,(H,8,9);3*3-4H2,1-2H3;/q;3*-1;+4/p-1. The summed E-state index contributed by atoms with van der Waals surface area (Å²) in [6.45, 7) is 19.5. The number of carboxylic acids is 1. The summed E-state index contributed by atoms with van der Waals surface area (Å²) in [6, 6.07) is 0. The van der Waals surface area contributed by atoms with Crippen molar-refractivity contribution >= 4 is 5.97 Å². The molecule has 0 N–H and O–H groups in total. The second-order valence-electron chi connectivity index (χ2n) is 4.53. The molecule has 1 atom stereocenters. The first kappa shape index (κ1) is 32.1. The minimum Gasteiger partial charge on any atom is -0.663 e. The van der Waals surface area contributed by atoms with Crippen LogP contribution in [0.15, 0.2) is 22.5 Å². The maximum Gasteiger partial charge on any atom is 4.00 e. The predicted molar refractivity (Wildman–Crippen MR) is 101 cm³/mol. The number of rotatable bonds is 7. The van der Waals surface area contributed by atoms with Crippen molar-refractivity contribution < 1.29 is 31.6 Å². The quantitative estimate of drug-likeness (QED) is 0.619. The molecule has 0 fully saturated rings. The third kappa shape index (κ3) is 25.8. The van der Waals surface area contributed by atoms with Gasteiger partial charge in [-0.1, -0.05) is 41.5 Å². The molecule has 144 valence electrons. The van der Waals surface area contributed by atoms with Crippen LogP contribution in [-0.2, 0) is 26.5 Å². The Kier molecular flexibility index (Phi) is 32.9. The van der Waals surface area contributed by atoms with E-state index >= 15 is 0 Å². The summed E-state index contributed by atoms with van der Waals surface area (Å²) >= 11 is 0. The Hall–Kier alpha value is -0.596.